The van der Waals surface area contributed by atoms with E-state index in [1.54, 1.807) is 11.3 Å². The first-order chi connectivity index (χ1) is 12.1. The van der Waals surface area contributed by atoms with Crippen molar-refractivity contribution in [2.75, 3.05) is 6.54 Å². The van der Waals surface area contributed by atoms with Crippen molar-refractivity contribution in [1.29, 1.82) is 0 Å². The van der Waals surface area contributed by atoms with Crippen LogP contribution in [-0.4, -0.2) is 22.3 Å². The van der Waals surface area contributed by atoms with Crippen LogP contribution in [0.3, 0.4) is 0 Å². The minimum atomic E-state index is -0.0489. The number of fused-ring (bicyclic) bond motifs is 2. The topological polar surface area (TPSA) is 53.2 Å². The number of thiophene rings is 1. The lowest BCUT2D eigenvalue weighted by atomic mass is 9.96. The van der Waals surface area contributed by atoms with Crippen LogP contribution in [0.2, 0.25) is 0 Å². The summed E-state index contributed by atoms with van der Waals surface area (Å²) in [6.07, 6.45) is 2.23. The number of nitrogens with zero attached hydrogens (tertiary/aromatic N) is 1. The minimum absolute atomic E-state index is 0.0489. The van der Waals surface area contributed by atoms with E-state index in [1.807, 2.05) is 35.4 Å². The van der Waals surface area contributed by atoms with Gasteiger partial charge in [-0.15, -0.1) is 11.3 Å². The minimum Gasteiger partial charge on any atom is -0.338 e. The molecule has 1 amide bonds. The van der Waals surface area contributed by atoms with E-state index in [-0.39, 0.29) is 11.5 Å². The zero-order valence-corrected chi connectivity index (χ0v) is 15.0. The lowest BCUT2D eigenvalue weighted by Crippen LogP contribution is -2.36. The molecule has 5 heteroatoms. The largest absolute Gasteiger partial charge is 0.338 e. The normalized spacial score (nSPS) is 13.9. The molecule has 0 fully saturated rings. The lowest BCUT2D eigenvalue weighted by molar-refractivity contribution is -0.132. The summed E-state index contributed by atoms with van der Waals surface area (Å²) in [5, 5.41) is 3.11. The molecule has 1 aliphatic heterocycles. The fourth-order valence-electron chi connectivity index (χ4n) is 3.43. The van der Waals surface area contributed by atoms with E-state index in [4.69, 9.17) is 0 Å². The van der Waals surface area contributed by atoms with Gasteiger partial charge in [0.1, 0.15) is 0 Å². The van der Waals surface area contributed by atoms with Gasteiger partial charge in [0.25, 0.3) is 5.56 Å². The zero-order chi connectivity index (χ0) is 17.4. The Hall–Kier alpha value is -2.40. The molecule has 0 bridgehead atoms. The Kier molecular flexibility index (Phi) is 4.17. The average Bonchev–Trinajstić information content (AvgIpc) is 3.12. The van der Waals surface area contributed by atoms with E-state index in [0.29, 0.717) is 13.0 Å². The number of pyridine rings is 1. The molecule has 4 nitrogen and oxygen atoms in total. The van der Waals surface area contributed by atoms with Gasteiger partial charge in [0, 0.05) is 35.5 Å². The number of hydrogen-bond donors (Lipinski definition) is 1. The molecule has 1 aromatic carbocycles. The highest BCUT2D eigenvalue weighted by molar-refractivity contribution is 7.09. The highest BCUT2D eigenvalue weighted by Crippen LogP contribution is 2.25. The highest BCUT2D eigenvalue weighted by Gasteiger charge is 2.21. The first kappa shape index (κ1) is 16.1. The van der Waals surface area contributed by atoms with E-state index in [1.165, 1.54) is 10.4 Å². The Morgan fingerprint density at radius 2 is 2.16 bits per heavy atom. The first-order valence-corrected chi connectivity index (χ1v) is 9.44. The van der Waals surface area contributed by atoms with Crippen molar-refractivity contribution in [3.8, 4) is 0 Å². The molecule has 0 spiro atoms. The molecule has 0 atom stereocenters. The maximum atomic E-state index is 12.5. The van der Waals surface area contributed by atoms with Crippen LogP contribution < -0.4 is 5.56 Å². The summed E-state index contributed by atoms with van der Waals surface area (Å²) in [5.41, 5.74) is 3.95. The second-order valence-electron chi connectivity index (χ2n) is 6.63. The molecule has 3 heterocycles. The number of amides is 1. The van der Waals surface area contributed by atoms with Crippen LogP contribution in [0.4, 0.5) is 0 Å². The van der Waals surface area contributed by atoms with Gasteiger partial charge >= 0.3 is 0 Å². The molecule has 0 aliphatic carbocycles. The number of carbonyl (C=O) groups is 1. The van der Waals surface area contributed by atoms with Gasteiger partial charge in [-0.05, 0) is 65.9 Å². The van der Waals surface area contributed by atoms with Gasteiger partial charge in [-0.1, -0.05) is 6.07 Å². The van der Waals surface area contributed by atoms with Crippen LogP contribution in [0.1, 0.15) is 28.0 Å². The number of rotatable bonds is 3. The van der Waals surface area contributed by atoms with Crippen molar-refractivity contribution in [2.45, 2.75) is 32.7 Å². The van der Waals surface area contributed by atoms with Gasteiger partial charge in [-0.2, -0.15) is 0 Å². The third-order valence-corrected chi connectivity index (χ3v) is 5.82. The molecular formula is C20H20N2O2S. The van der Waals surface area contributed by atoms with Crippen molar-refractivity contribution in [3.63, 3.8) is 0 Å². The molecule has 0 radical (unpaired) electrons. The van der Waals surface area contributed by atoms with E-state index < -0.39 is 0 Å². The quantitative estimate of drug-likeness (QED) is 0.785. The van der Waals surface area contributed by atoms with E-state index in [2.05, 4.69) is 17.1 Å². The van der Waals surface area contributed by atoms with Crippen LogP contribution in [0, 0.1) is 6.92 Å². The molecule has 0 unspecified atom stereocenters. The van der Waals surface area contributed by atoms with Gasteiger partial charge in [-0.25, -0.2) is 0 Å². The predicted molar refractivity (Wildman–Crippen MR) is 101 cm³/mol. The molecule has 25 heavy (non-hydrogen) atoms. The third kappa shape index (κ3) is 3.24. The number of aryl methyl sites for hydroxylation is 2. The number of benzene rings is 1. The number of hydrogen-bond acceptors (Lipinski definition) is 3. The molecule has 128 valence electrons. The van der Waals surface area contributed by atoms with Crippen LogP contribution >= 0.6 is 11.3 Å². The van der Waals surface area contributed by atoms with Gasteiger partial charge in [-0.3, -0.25) is 9.59 Å². The molecule has 1 N–H and O–H groups in total. The van der Waals surface area contributed by atoms with Crippen LogP contribution in [0.25, 0.3) is 10.9 Å². The molecule has 1 aliphatic rings. The predicted octanol–water partition coefficient (Wildman–Crippen LogP) is 3.42. The van der Waals surface area contributed by atoms with Crippen LogP contribution in [0.15, 0.2) is 40.5 Å². The Bertz CT molecular complexity index is 989. The molecule has 4 rings (SSSR count). The smallest absolute Gasteiger partial charge is 0.251 e. The Morgan fingerprint density at radius 1 is 1.28 bits per heavy atom. The summed E-state index contributed by atoms with van der Waals surface area (Å²) in [6, 6.07) is 10.2. The zero-order valence-electron chi connectivity index (χ0n) is 14.2. The van der Waals surface area contributed by atoms with Crippen molar-refractivity contribution >= 4 is 28.1 Å². The van der Waals surface area contributed by atoms with Gasteiger partial charge in [0.05, 0.1) is 0 Å². The van der Waals surface area contributed by atoms with E-state index in [9.17, 15) is 9.59 Å². The van der Waals surface area contributed by atoms with Crippen molar-refractivity contribution in [2.24, 2.45) is 0 Å². The number of carbonyl (C=O) groups excluding carboxylic acids is 1. The number of aromatic amines is 1. The number of nitrogens with one attached hydrogen (secondary N) is 1. The molecule has 0 saturated heterocycles. The van der Waals surface area contributed by atoms with Gasteiger partial charge in [0.15, 0.2) is 0 Å². The third-order valence-electron chi connectivity index (χ3n) is 4.88. The molecular weight excluding hydrogens is 332 g/mol. The first-order valence-electron chi connectivity index (χ1n) is 8.56. The number of aromatic nitrogens is 1. The van der Waals surface area contributed by atoms with Gasteiger partial charge < -0.3 is 9.88 Å². The Balaban J connectivity index is 1.53. The van der Waals surface area contributed by atoms with Crippen molar-refractivity contribution in [3.05, 3.63) is 67.6 Å². The average molecular weight is 352 g/mol. The standard InChI is InChI=1S/C20H20N2O2S/c1-13-9-15-10-14-6-7-22(12-16(14)11-18(15)21-20(13)24)19(23)5-4-17-3-2-8-25-17/h2-3,8-11H,4-7,12H2,1H3,(H,21,24). The summed E-state index contributed by atoms with van der Waals surface area (Å²) < 4.78 is 0. The summed E-state index contributed by atoms with van der Waals surface area (Å²) in [6.45, 7) is 3.22. The number of H-pyrrole nitrogens is 1. The molecule has 0 saturated carbocycles. The maximum absolute atomic E-state index is 12.5. The molecule has 3 aromatic rings. The van der Waals surface area contributed by atoms with Crippen LogP contribution in [-0.2, 0) is 24.2 Å². The summed E-state index contributed by atoms with van der Waals surface area (Å²) in [4.78, 5) is 30.5. The van der Waals surface area contributed by atoms with Crippen LogP contribution in [0.5, 0.6) is 0 Å². The van der Waals surface area contributed by atoms with E-state index in [0.717, 1.165) is 41.4 Å². The SMILES string of the molecule is Cc1cc2cc3c(cc2[nH]c1=O)CN(C(=O)CCc1cccs1)CC3. The second-order valence-corrected chi connectivity index (χ2v) is 7.67. The Labute approximate surface area is 150 Å². The summed E-state index contributed by atoms with van der Waals surface area (Å²) in [5.74, 6) is 0.205. The molecule has 2 aromatic heterocycles. The highest BCUT2D eigenvalue weighted by atomic mass is 32.1. The maximum Gasteiger partial charge on any atom is 0.251 e. The Morgan fingerprint density at radius 3 is 2.96 bits per heavy atom. The fourth-order valence-corrected chi connectivity index (χ4v) is 4.14. The summed E-state index contributed by atoms with van der Waals surface area (Å²) >= 11 is 1.70. The van der Waals surface area contributed by atoms with Gasteiger partial charge in [0.2, 0.25) is 5.91 Å². The van der Waals surface area contributed by atoms with E-state index >= 15 is 0 Å². The van der Waals surface area contributed by atoms with Crippen molar-refractivity contribution in [1.82, 2.24) is 9.88 Å². The lowest BCUT2D eigenvalue weighted by Gasteiger charge is -2.29. The second kappa shape index (κ2) is 6.48. The summed E-state index contributed by atoms with van der Waals surface area (Å²) in [7, 11) is 0. The monoisotopic (exact) mass is 352 g/mol. The van der Waals surface area contributed by atoms with Crippen molar-refractivity contribution < 1.29 is 4.79 Å². The fraction of sp³-hybridized carbons (Fsp3) is 0.300.